The van der Waals surface area contributed by atoms with E-state index in [0.717, 1.165) is 19.4 Å². The van der Waals surface area contributed by atoms with E-state index < -0.39 is 0 Å². The van der Waals surface area contributed by atoms with Gasteiger partial charge in [0.05, 0.1) is 15.7 Å². The first-order valence-electron chi connectivity index (χ1n) is 5.31. The largest absolute Gasteiger partial charge is 0.399 e. The van der Waals surface area contributed by atoms with Crippen LogP contribution in [0.25, 0.3) is 0 Å². The zero-order valence-corrected chi connectivity index (χ0v) is 10.6. The molecular weight excluding hydrogens is 261 g/mol. The van der Waals surface area contributed by atoms with Gasteiger partial charge in [0, 0.05) is 12.2 Å². The normalized spacial score (nSPS) is 19.6. The van der Waals surface area contributed by atoms with Crippen LogP contribution in [0.2, 0.25) is 10.0 Å². The Morgan fingerprint density at radius 1 is 1.35 bits per heavy atom. The lowest BCUT2D eigenvalue weighted by atomic mass is 10.2. The van der Waals surface area contributed by atoms with Gasteiger partial charge in [-0.2, -0.15) is 0 Å². The van der Waals surface area contributed by atoms with Gasteiger partial charge in [0.25, 0.3) is 0 Å². The fourth-order valence-electron chi connectivity index (χ4n) is 2.19. The molecule has 1 aromatic rings. The van der Waals surface area contributed by atoms with E-state index in [4.69, 9.17) is 34.7 Å². The highest BCUT2D eigenvalue weighted by Crippen LogP contribution is 2.39. The number of hydrogen-bond acceptors (Lipinski definition) is 3. The summed E-state index contributed by atoms with van der Waals surface area (Å²) < 4.78 is 0. The molecule has 0 radical (unpaired) electrons. The van der Waals surface area contributed by atoms with E-state index in [1.54, 1.807) is 12.1 Å². The monoisotopic (exact) mass is 273 g/mol. The Balaban J connectivity index is 2.43. The second-order valence-corrected chi connectivity index (χ2v) is 4.90. The number of carbonyl (C=O) groups is 1. The predicted molar refractivity (Wildman–Crippen MR) is 70.4 cm³/mol. The zero-order valence-electron chi connectivity index (χ0n) is 9.12. The van der Waals surface area contributed by atoms with Gasteiger partial charge in [-0.05, 0) is 25.0 Å². The minimum Gasteiger partial charge on any atom is -0.399 e. The van der Waals surface area contributed by atoms with Gasteiger partial charge in [-0.1, -0.05) is 23.2 Å². The van der Waals surface area contributed by atoms with Crippen LogP contribution in [0.15, 0.2) is 12.1 Å². The molecule has 1 fully saturated rings. The summed E-state index contributed by atoms with van der Waals surface area (Å²) in [5.74, 6) is -0.355. The number of nitrogens with zero attached hydrogens (tertiary/aromatic N) is 1. The second-order valence-electron chi connectivity index (χ2n) is 4.09. The lowest BCUT2D eigenvalue weighted by Gasteiger charge is -2.26. The van der Waals surface area contributed by atoms with E-state index in [1.807, 2.05) is 4.90 Å². The van der Waals surface area contributed by atoms with Gasteiger partial charge in [0.2, 0.25) is 5.91 Å². The quantitative estimate of drug-likeness (QED) is 0.810. The molecule has 1 aliphatic rings. The van der Waals surface area contributed by atoms with Crippen LogP contribution in [0.4, 0.5) is 11.4 Å². The first-order valence-corrected chi connectivity index (χ1v) is 6.07. The highest BCUT2D eigenvalue weighted by molar-refractivity contribution is 6.39. The molecule has 1 amide bonds. The molecule has 1 saturated heterocycles. The average molecular weight is 274 g/mol. The Bertz CT molecular complexity index is 441. The Labute approximate surface area is 109 Å². The van der Waals surface area contributed by atoms with Gasteiger partial charge in [-0.15, -0.1) is 0 Å². The topological polar surface area (TPSA) is 72.4 Å². The molecule has 2 rings (SSSR count). The summed E-state index contributed by atoms with van der Waals surface area (Å²) >= 11 is 12.3. The van der Waals surface area contributed by atoms with E-state index >= 15 is 0 Å². The van der Waals surface area contributed by atoms with Crippen LogP contribution in [0, 0.1) is 0 Å². The molecule has 0 aromatic heterocycles. The Kier molecular flexibility index (Phi) is 3.35. The van der Waals surface area contributed by atoms with Crippen molar-refractivity contribution in [3.63, 3.8) is 0 Å². The summed E-state index contributed by atoms with van der Waals surface area (Å²) in [6.07, 6.45) is 1.62. The standard InChI is InChI=1S/C11H13Cl2N3O/c12-7-4-6(14)5-8(13)10(7)16-3-1-2-9(16)11(15)17/h4-5,9H,1-3,14H2,(H2,15,17). The molecule has 1 unspecified atom stereocenters. The third-order valence-corrected chi connectivity index (χ3v) is 3.48. The predicted octanol–water partition coefficient (Wildman–Crippen LogP) is 2.03. The summed E-state index contributed by atoms with van der Waals surface area (Å²) in [5, 5.41) is 0.895. The maximum absolute atomic E-state index is 11.3. The van der Waals surface area contributed by atoms with Gasteiger partial charge in [-0.3, -0.25) is 4.79 Å². The lowest BCUT2D eigenvalue weighted by Crippen LogP contribution is -2.40. The highest BCUT2D eigenvalue weighted by atomic mass is 35.5. The van der Waals surface area contributed by atoms with E-state index in [-0.39, 0.29) is 11.9 Å². The molecule has 1 aromatic carbocycles. The van der Waals surface area contributed by atoms with Crippen LogP contribution in [-0.2, 0) is 4.79 Å². The van der Waals surface area contributed by atoms with Gasteiger partial charge in [-0.25, -0.2) is 0 Å². The van der Waals surface area contributed by atoms with Gasteiger partial charge < -0.3 is 16.4 Å². The molecule has 4 N–H and O–H groups in total. The van der Waals surface area contributed by atoms with Crippen LogP contribution in [0.1, 0.15) is 12.8 Å². The number of benzene rings is 1. The zero-order chi connectivity index (χ0) is 12.6. The number of carbonyl (C=O) groups excluding carboxylic acids is 1. The van der Waals surface area contributed by atoms with Crippen molar-refractivity contribution < 1.29 is 4.79 Å². The first-order chi connectivity index (χ1) is 8.00. The number of nitrogen functional groups attached to an aromatic ring is 1. The van der Waals surface area contributed by atoms with Crippen molar-refractivity contribution in [3.05, 3.63) is 22.2 Å². The maximum Gasteiger partial charge on any atom is 0.240 e. The average Bonchev–Trinajstić information content (AvgIpc) is 2.64. The molecule has 6 heteroatoms. The van der Waals surface area contributed by atoms with Crippen molar-refractivity contribution in [2.45, 2.75) is 18.9 Å². The van der Waals surface area contributed by atoms with Crippen molar-refractivity contribution in [1.29, 1.82) is 0 Å². The first kappa shape index (κ1) is 12.3. The highest BCUT2D eigenvalue weighted by Gasteiger charge is 2.31. The molecule has 4 nitrogen and oxygen atoms in total. The molecule has 0 saturated carbocycles. The van der Waals surface area contributed by atoms with E-state index in [1.165, 1.54) is 0 Å². The van der Waals surface area contributed by atoms with Crippen molar-refractivity contribution >= 4 is 40.5 Å². The fourth-order valence-corrected chi connectivity index (χ4v) is 2.91. The smallest absolute Gasteiger partial charge is 0.240 e. The number of anilines is 2. The number of halogens is 2. The molecule has 1 atom stereocenters. The van der Waals surface area contributed by atoms with E-state index in [2.05, 4.69) is 0 Å². The lowest BCUT2D eigenvalue weighted by molar-refractivity contribution is -0.119. The van der Waals surface area contributed by atoms with Gasteiger partial charge >= 0.3 is 0 Å². The Morgan fingerprint density at radius 2 is 1.94 bits per heavy atom. The molecule has 0 aliphatic carbocycles. The number of primary amides is 1. The minimum atomic E-state index is -0.355. The molecule has 1 aliphatic heterocycles. The molecule has 0 bridgehead atoms. The van der Waals surface area contributed by atoms with Crippen LogP contribution >= 0.6 is 23.2 Å². The maximum atomic E-state index is 11.3. The fraction of sp³-hybridized carbons (Fsp3) is 0.364. The molecule has 0 spiro atoms. The van der Waals surface area contributed by atoms with Crippen LogP contribution in [0.3, 0.4) is 0 Å². The minimum absolute atomic E-state index is 0.339. The summed E-state index contributed by atoms with van der Waals surface area (Å²) in [5.41, 5.74) is 12.1. The summed E-state index contributed by atoms with van der Waals surface area (Å²) in [6, 6.07) is 2.91. The van der Waals surface area contributed by atoms with E-state index in [0.29, 0.717) is 21.4 Å². The summed E-state index contributed by atoms with van der Waals surface area (Å²) in [6.45, 7) is 0.719. The summed E-state index contributed by atoms with van der Waals surface area (Å²) in [4.78, 5) is 13.2. The molecule has 17 heavy (non-hydrogen) atoms. The number of nitrogens with two attached hydrogens (primary N) is 2. The molecule has 1 heterocycles. The van der Waals surface area contributed by atoms with Crippen LogP contribution in [-0.4, -0.2) is 18.5 Å². The van der Waals surface area contributed by atoms with Crippen LogP contribution in [0.5, 0.6) is 0 Å². The van der Waals surface area contributed by atoms with E-state index in [9.17, 15) is 4.79 Å². The van der Waals surface area contributed by atoms with Crippen molar-refractivity contribution in [2.75, 3.05) is 17.2 Å². The molecule has 92 valence electrons. The van der Waals surface area contributed by atoms with Crippen molar-refractivity contribution in [3.8, 4) is 0 Å². The van der Waals surface area contributed by atoms with Gasteiger partial charge in [0.1, 0.15) is 6.04 Å². The van der Waals surface area contributed by atoms with Gasteiger partial charge in [0.15, 0.2) is 0 Å². The third kappa shape index (κ3) is 2.28. The Hall–Kier alpha value is -1.13. The second kappa shape index (κ2) is 4.63. The van der Waals surface area contributed by atoms with Crippen molar-refractivity contribution in [1.82, 2.24) is 0 Å². The summed E-state index contributed by atoms with van der Waals surface area (Å²) in [7, 11) is 0. The SMILES string of the molecule is NC(=O)C1CCCN1c1c(Cl)cc(N)cc1Cl. The molecular formula is C11H13Cl2N3O. The van der Waals surface area contributed by atoms with Crippen molar-refractivity contribution in [2.24, 2.45) is 5.73 Å². The third-order valence-electron chi connectivity index (χ3n) is 2.91. The number of rotatable bonds is 2. The Morgan fingerprint density at radius 3 is 2.47 bits per heavy atom. The number of amides is 1. The van der Waals surface area contributed by atoms with Crippen LogP contribution < -0.4 is 16.4 Å². The number of hydrogen-bond donors (Lipinski definition) is 2.